The fraction of sp³-hybridized carbons (Fsp3) is 0.500. The van der Waals surface area contributed by atoms with Gasteiger partial charge in [-0.3, -0.25) is 14.9 Å². The van der Waals surface area contributed by atoms with Crippen molar-refractivity contribution in [2.75, 3.05) is 31.1 Å². The summed E-state index contributed by atoms with van der Waals surface area (Å²) in [5, 5.41) is 13.3. The molecule has 24 heavy (non-hydrogen) atoms. The molecule has 7 nitrogen and oxygen atoms in total. The van der Waals surface area contributed by atoms with Crippen molar-refractivity contribution in [2.45, 2.75) is 18.8 Å². The molecular weight excluding hydrogens is 346 g/mol. The number of hydrogen-bond donors (Lipinski definition) is 2. The average Bonchev–Trinajstić information content (AvgIpc) is 3.06. The first-order valence-corrected chi connectivity index (χ1v) is 7.23. The van der Waals surface area contributed by atoms with Gasteiger partial charge in [-0.05, 0) is 25.0 Å². The van der Waals surface area contributed by atoms with Gasteiger partial charge in [-0.1, -0.05) is 0 Å². The Morgan fingerprint density at radius 3 is 2.54 bits per heavy atom. The highest BCUT2D eigenvalue weighted by Crippen LogP contribution is 2.31. The maximum atomic E-state index is 13.1. The smallest absolute Gasteiger partial charge is 0.293 e. The Labute approximate surface area is 143 Å². The molecule has 0 unspecified atom stereocenters. The van der Waals surface area contributed by atoms with E-state index in [0.29, 0.717) is 5.69 Å². The molecule has 1 fully saturated rings. The van der Waals surface area contributed by atoms with E-state index in [1.54, 1.807) is 0 Å². The van der Waals surface area contributed by atoms with Crippen molar-refractivity contribution < 1.29 is 18.5 Å². The summed E-state index contributed by atoms with van der Waals surface area (Å²) in [6, 6.07) is 4.00. The Kier molecular flexibility index (Phi) is 6.85. The molecule has 1 heterocycles. The van der Waals surface area contributed by atoms with Gasteiger partial charge in [0.25, 0.3) is 17.5 Å². The Bertz CT molecular complexity index is 610. The van der Waals surface area contributed by atoms with Gasteiger partial charge in [-0.15, -0.1) is 12.4 Å². The number of carbonyl (C=O) groups is 1. The van der Waals surface area contributed by atoms with Gasteiger partial charge >= 0.3 is 0 Å². The van der Waals surface area contributed by atoms with E-state index in [-0.39, 0.29) is 23.7 Å². The monoisotopic (exact) mass is 364 g/mol. The Morgan fingerprint density at radius 2 is 2.00 bits per heavy atom. The lowest BCUT2D eigenvalue weighted by Crippen LogP contribution is -2.41. The van der Waals surface area contributed by atoms with Crippen LogP contribution in [0.25, 0.3) is 0 Å². The molecule has 1 aliphatic heterocycles. The predicted molar refractivity (Wildman–Crippen MR) is 88.1 cm³/mol. The number of amides is 1. The number of alkyl halides is 2. The number of hydrogen-bond acceptors (Lipinski definition) is 5. The first-order valence-electron chi connectivity index (χ1n) is 7.23. The van der Waals surface area contributed by atoms with Crippen LogP contribution in [-0.4, -0.2) is 42.9 Å². The van der Waals surface area contributed by atoms with Crippen molar-refractivity contribution in [3.05, 3.63) is 33.9 Å². The van der Waals surface area contributed by atoms with E-state index in [4.69, 9.17) is 5.73 Å². The summed E-state index contributed by atoms with van der Waals surface area (Å²) >= 11 is 0. The zero-order valence-electron chi connectivity index (χ0n) is 12.8. The van der Waals surface area contributed by atoms with E-state index in [2.05, 4.69) is 0 Å². The SMILES string of the molecule is Cl.NCC(F)(F)CNC(=O)c1ccc(N2CCCC2)c([N+](=O)[O-])c1. The number of nitro benzene ring substituents is 1. The Hall–Kier alpha value is -2.00. The second-order valence-electron chi connectivity index (χ2n) is 5.40. The fourth-order valence-electron chi connectivity index (χ4n) is 2.42. The van der Waals surface area contributed by atoms with Gasteiger partial charge in [0, 0.05) is 24.7 Å². The summed E-state index contributed by atoms with van der Waals surface area (Å²) in [7, 11) is 0. The molecule has 1 aliphatic rings. The number of halogens is 3. The molecule has 1 amide bonds. The van der Waals surface area contributed by atoms with E-state index < -0.39 is 29.8 Å². The quantitative estimate of drug-likeness (QED) is 0.593. The molecule has 10 heteroatoms. The molecule has 0 bridgehead atoms. The van der Waals surface area contributed by atoms with Crippen molar-refractivity contribution in [1.29, 1.82) is 0 Å². The second-order valence-corrected chi connectivity index (χ2v) is 5.40. The normalized spacial score (nSPS) is 14.2. The van der Waals surface area contributed by atoms with E-state index in [9.17, 15) is 23.7 Å². The minimum absolute atomic E-state index is 0. The number of nitrogens with two attached hydrogens (primary N) is 1. The number of benzene rings is 1. The van der Waals surface area contributed by atoms with Crippen LogP contribution in [0.3, 0.4) is 0 Å². The van der Waals surface area contributed by atoms with E-state index >= 15 is 0 Å². The molecule has 1 aromatic carbocycles. The molecule has 0 aliphatic carbocycles. The standard InChI is InChI=1S/C14H18F2N4O3.ClH/c15-14(16,8-17)9-18-13(21)10-3-4-11(12(7-10)20(22)23)19-5-1-2-6-19;/h3-4,7H,1-2,5-6,8-9,17H2,(H,18,21);1H. The molecule has 0 radical (unpaired) electrons. The molecular formula is C14H19ClF2N4O3. The highest BCUT2D eigenvalue weighted by molar-refractivity contribution is 5.95. The highest BCUT2D eigenvalue weighted by Gasteiger charge is 2.28. The minimum Gasteiger partial charge on any atom is -0.366 e. The van der Waals surface area contributed by atoms with Crippen LogP contribution in [0.1, 0.15) is 23.2 Å². The Balaban J connectivity index is 0.00000288. The van der Waals surface area contributed by atoms with Crippen LogP contribution in [0.2, 0.25) is 0 Å². The number of carbonyl (C=O) groups excluding carboxylic acids is 1. The van der Waals surface area contributed by atoms with Gasteiger partial charge < -0.3 is 16.0 Å². The van der Waals surface area contributed by atoms with Crippen LogP contribution in [0.15, 0.2) is 18.2 Å². The van der Waals surface area contributed by atoms with Gasteiger partial charge in [0.2, 0.25) is 0 Å². The third kappa shape index (κ3) is 4.75. The summed E-state index contributed by atoms with van der Waals surface area (Å²) in [5.41, 5.74) is 5.09. The summed E-state index contributed by atoms with van der Waals surface area (Å²) in [5.74, 6) is -4.01. The second kappa shape index (κ2) is 8.20. The van der Waals surface area contributed by atoms with Gasteiger partial charge in [0.15, 0.2) is 0 Å². The molecule has 0 spiro atoms. The lowest BCUT2D eigenvalue weighted by Gasteiger charge is -2.18. The van der Waals surface area contributed by atoms with Crippen LogP contribution >= 0.6 is 12.4 Å². The summed E-state index contributed by atoms with van der Waals surface area (Å²) in [4.78, 5) is 24.4. The number of nitro groups is 1. The maximum absolute atomic E-state index is 13.1. The lowest BCUT2D eigenvalue weighted by molar-refractivity contribution is -0.384. The predicted octanol–water partition coefficient (Wildman–Crippen LogP) is 1.94. The minimum atomic E-state index is -3.21. The third-order valence-electron chi connectivity index (χ3n) is 3.69. The molecule has 134 valence electrons. The van der Waals surface area contributed by atoms with Crippen LogP contribution in [0.5, 0.6) is 0 Å². The largest absolute Gasteiger partial charge is 0.366 e. The highest BCUT2D eigenvalue weighted by atomic mass is 35.5. The number of nitrogens with zero attached hydrogens (tertiary/aromatic N) is 2. The molecule has 0 saturated carbocycles. The molecule has 1 aromatic rings. The average molecular weight is 365 g/mol. The first-order chi connectivity index (χ1) is 10.8. The molecule has 0 aromatic heterocycles. The first kappa shape index (κ1) is 20.0. The van der Waals surface area contributed by atoms with Crippen LogP contribution < -0.4 is 16.0 Å². The molecule has 2 rings (SSSR count). The number of nitrogens with one attached hydrogen (secondary N) is 1. The van der Waals surface area contributed by atoms with E-state index in [1.165, 1.54) is 12.1 Å². The lowest BCUT2D eigenvalue weighted by atomic mass is 10.1. The van der Waals surface area contributed by atoms with Crippen LogP contribution in [0.4, 0.5) is 20.2 Å². The topological polar surface area (TPSA) is 102 Å². The van der Waals surface area contributed by atoms with Gasteiger partial charge in [-0.25, -0.2) is 8.78 Å². The zero-order valence-corrected chi connectivity index (χ0v) is 13.7. The van der Waals surface area contributed by atoms with Crippen molar-refractivity contribution in [1.82, 2.24) is 5.32 Å². The van der Waals surface area contributed by atoms with Crippen LogP contribution in [-0.2, 0) is 0 Å². The van der Waals surface area contributed by atoms with Crippen molar-refractivity contribution in [3.63, 3.8) is 0 Å². The molecule has 3 N–H and O–H groups in total. The van der Waals surface area contributed by atoms with Crippen molar-refractivity contribution >= 4 is 29.7 Å². The summed E-state index contributed by atoms with van der Waals surface area (Å²) in [6.45, 7) is -0.366. The third-order valence-corrected chi connectivity index (χ3v) is 3.69. The number of rotatable bonds is 6. The summed E-state index contributed by atoms with van der Waals surface area (Å²) in [6.07, 6.45) is 1.90. The number of anilines is 1. The van der Waals surface area contributed by atoms with Crippen molar-refractivity contribution in [3.8, 4) is 0 Å². The molecule has 1 saturated heterocycles. The molecule has 0 atom stereocenters. The summed E-state index contributed by atoms with van der Waals surface area (Å²) < 4.78 is 26.1. The van der Waals surface area contributed by atoms with Gasteiger partial charge in [0.1, 0.15) is 5.69 Å². The van der Waals surface area contributed by atoms with Crippen molar-refractivity contribution in [2.24, 2.45) is 5.73 Å². The van der Waals surface area contributed by atoms with Gasteiger partial charge in [0.05, 0.1) is 18.0 Å². The van der Waals surface area contributed by atoms with E-state index in [1.807, 2.05) is 10.2 Å². The zero-order chi connectivity index (χ0) is 17.0. The maximum Gasteiger partial charge on any atom is 0.293 e. The fourth-order valence-corrected chi connectivity index (χ4v) is 2.42. The van der Waals surface area contributed by atoms with E-state index in [0.717, 1.165) is 32.0 Å². The Morgan fingerprint density at radius 1 is 1.38 bits per heavy atom. The van der Waals surface area contributed by atoms with Gasteiger partial charge in [-0.2, -0.15) is 0 Å². The van der Waals surface area contributed by atoms with Crippen LogP contribution in [0, 0.1) is 10.1 Å².